The van der Waals surface area contributed by atoms with Gasteiger partial charge in [-0.3, -0.25) is 4.79 Å². The second-order valence-electron chi connectivity index (χ2n) is 17.9. The zero-order valence-corrected chi connectivity index (χ0v) is 40.3. The van der Waals surface area contributed by atoms with Gasteiger partial charge in [0.1, 0.15) is 24.4 Å². The average molecular weight is 888 g/mol. The molecule has 6 N–H and O–H groups in total. The summed E-state index contributed by atoms with van der Waals surface area (Å²) < 4.78 is 11.2. The fourth-order valence-electron chi connectivity index (χ4n) is 7.97. The number of nitrogens with one attached hydrogen (secondary N) is 1. The van der Waals surface area contributed by atoms with Crippen LogP contribution in [0.1, 0.15) is 219 Å². The highest BCUT2D eigenvalue weighted by Gasteiger charge is 2.44. The van der Waals surface area contributed by atoms with Crippen LogP contribution in [0, 0.1) is 0 Å². The van der Waals surface area contributed by atoms with E-state index in [1.54, 1.807) is 6.08 Å². The Kier molecular flexibility index (Phi) is 40.9. The molecule has 9 heteroatoms. The molecule has 0 aromatic rings. The Morgan fingerprint density at radius 1 is 0.556 bits per heavy atom. The van der Waals surface area contributed by atoms with Crippen molar-refractivity contribution >= 4 is 5.91 Å². The number of unbranched alkanes of at least 4 members (excludes halogenated alkanes) is 25. The van der Waals surface area contributed by atoms with E-state index in [9.17, 15) is 30.3 Å². The second-order valence-corrected chi connectivity index (χ2v) is 17.9. The topological polar surface area (TPSA) is 149 Å². The van der Waals surface area contributed by atoms with Crippen LogP contribution in [0.2, 0.25) is 0 Å². The first-order valence-corrected chi connectivity index (χ1v) is 26.0. The van der Waals surface area contributed by atoms with Gasteiger partial charge >= 0.3 is 0 Å². The maximum atomic E-state index is 13.0. The number of allylic oxidation sites excluding steroid dienone is 9. The maximum absolute atomic E-state index is 13.0. The third-order valence-electron chi connectivity index (χ3n) is 12.1. The van der Waals surface area contributed by atoms with Gasteiger partial charge in [0.15, 0.2) is 6.29 Å². The third-order valence-corrected chi connectivity index (χ3v) is 12.1. The third kappa shape index (κ3) is 33.9. The molecule has 1 fully saturated rings. The molecule has 0 aromatic heterocycles. The summed E-state index contributed by atoms with van der Waals surface area (Å²) in [7, 11) is 0. The van der Waals surface area contributed by atoms with Crippen molar-refractivity contribution in [3.63, 3.8) is 0 Å². The summed E-state index contributed by atoms with van der Waals surface area (Å²) in [6.45, 7) is 3.65. The zero-order chi connectivity index (χ0) is 45.9. The molecule has 0 bridgehead atoms. The van der Waals surface area contributed by atoms with Crippen molar-refractivity contribution in [1.29, 1.82) is 0 Å². The van der Waals surface area contributed by atoms with Gasteiger partial charge in [0.25, 0.3) is 0 Å². The second kappa shape index (κ2) is 43.8. The highest BCUT2D eigenvalue weighted by molar-refractivity contribution is 5.76. The molecule has 1 aliphatic rings. The minimum atomic E-state index is -1.57. The Bertz CT molecular complexity index is 1170. The molecular formula is C54H97NO8. The van der Waals surface area contributed by atoms with Crippen molar-refractivity contribution in [3.8, 4) is 0 Å². The van der Waals surface area contributed by atoms with Crippen LogP contribution in [-0.4, -0.2) is 87.5 Å². The van der Waals surface area contributed by atoms with Gasteiger partial charge in [-0.25, -0.2) is 0 Å². The Morgan fingerprint density at radius 2 is 0.984 bits per heavy atom. The lowest BCUT2D eigenvalue weighted by Gasteiger charge is -2.40. The Balaban J connectivity index is 2.17. The van der Waals surface area contributed by atoms with Gasteiger partial charge in [-0.05, 0) is 57.8 Å². The van der Waals surface area contributed by atoms with Crippen molar-refractivity contribution in [2.24, 2.45) is 0 Å². The number of aliphatic hydroxyl groups is 5. The lowest BCUT2D eigenvalue weighted by Crippen LogP contribution is -2.60. The van der Waals surface area contributed by atoms with Gasteiger partial charge in [-0.1, -0.05) is 216 Å². The van der Waals surface area contributed by atoms with Gasteiger partial charge in [-0.2, -0.15) is 0 Å². The molecule has 0 spiro atoms. The van der Waals surface area contributed by atoms with E-state index in [-0.39, 0.29) is 12.5 Å². The summed E-state index contributed by atoms with van der Waals surface area (Å²) in [6.07, 6.45) is 51.4. The van der Waals surface area contributed by atoms with Crippen LogP contribution in [0.25, 0.3) is 0 Å². The van der Waals surface area contributed by atoms with Crippen molar-refractivity contribution < 1.29 is 39.8 Å². The Hall–Kier alpha value is -2.11. The minimum absolute atomic E-state index is 0.179. The normalized spacial score (nSPS) is 20.7. The zero-order valence-electron chi connectivity index (χ0n) is 40.3. The molecule has 7 atom stereocenters. The summed E-state index contributed by atoms with van der Waals surface area (Å²) in [6, 6.07) is -0.804. The van der Waals surface area contributed by atoms with Gasteiger partial charge < -0.3 is 40.3 Å². The first kappa shape index (κ1) is 58.9. The molecule has 1 aliphatic heterocycles. The largest absolute Gasteiger partial charge is 0.394 e. The number of carbonyl (C=O) groups is 1. The number of hydrogen-bond donors (Lipinski definition) is 6. The summed E-state index contributed by atoms with van der Waals surface area (Å²) in [4.78, 5) is 13.0. The van der Waals surface area contributed by atoms with Crippen LogP contribution in [0.4, 0.5) is 0 Å². The van der Waals surface area contributed by atoms with E-state index in [4.69, 9.17) is 9.47 Å². The Morgan fingerprint density at radius 3 is 1.46 bits per heavy atom. The fraction of sp³-hybridized carbons (Fsp3) is 0.796. The molecule has 0 saturated carbocycles. The minimum Gasteiger partial charge on any atom is -0.394 e. The van der Waals surface area contributed by atoms with E-state index in [2.05, 4.69) is 67.8 Å². The Labute approximate surface area is 386 Å². The van der Waals surface area contributed by atoms with E-state index >= 15 is 0 Å². The molecule has 0 aliphatic carbocycles. The summed E-state index contributed by atoms with van der Waals surface area (Å²) in [5, 5.41) is 54.2. The summed E-state index contributed by atoms with van der Waals surface area (Å²) in [5.74, 6) is -0.179. The van der Waals surface area contributed by atoms with Crippen LogP contribution < -0.4 is 5.32 Å². The number of hydrogen-bond acceptors (Lipinski definition) is 8. The van der Waals surface area contributed by atoms with Crippen LogP contribution in [-0.2, 0) is 14.3 Å². The summed E-state index contributed by atoms with van der Waals surface area (Å²) >= 11 is 0. The SMILES string of the molecule is CC/C=C\C/C=C\C/C=C\C/C=C\CCCCCCCCCCCCCCCCCCC(=O)NC(COC1OC(CO)C(O)C(O)C1O)C(O)/C=C/CCCCCCCCCCC. The highest BCUT2D eigenvalue weighted by Crippen LogP contribution is 2.23. The summed E-state index contributed by atoms with van der Waals surface area (Å²) in [5.41, 5.74) is 0. The standard InChI is InChI=1S/C54H97NO8/c1-3-5-7-9-11-13-15-16-17-18-19-20-21-22-23-24-25-26-27-28-29-30-31-32-34-36-38-40-42-44-50(58)55-47(46-62-54-53(61)52(60)51(59)49(45-56)63-54)48(57)43-41-39-37-35-33-14-12-10-8-6-4-2/h5,7,11,13,16-17,19-20,41,43,47-49,51-54,56-57,59-61H,3-4,6,8-10,12,14-15,18,21-40,42,44-46H2,1-2H3,(H,55,58)/b7-5-,13-11-,17-16-,20-19-,43-41+. The fourth-order valence-corrected chi connectivity index (χ4v) is 7.97. The smallest absolute Gasteiger partial charge is 0.220 e. The van der Waals surface area contributed by atoms with E-state index in [0.717, 1.165) is 64.2 Å². The van der Waals surface area contributed by atoms with Crippen molar-refractivity contribution in [2.75, 3.05) is 13.2 Å². The van der Waals surface area contributed by atoms with E-state index in [0.29, 0.717) is 6.42 Å². The predicted molar refractivity (Wildman–Crippen MR) is 262 cm³/mol. The molecular weight excluding hydrogens is 791 g/mol. The van der Waals surface area contributed by atoms with Crippen molar-refractivity contribution in [2.45, 2.75) is 262 Å². The molecule has 1 heterocycles. The molecule has 1 rings (SSSR count). The van der Waals surface area contributed by atoms with Gasteiger partial charge in [0.2, 0.25) is 5.91 Å². The van der Waals surface area contributed by atoms with E-state index in [1.807, 2.05) is 6.08 Å². The molecule has 366 valence electrons. The van der Waals surface area contributed by atoms with Crippen LogP contribution in [0.15, 0.2) is 60.8 Å². The highest BCUT2D eigenvalue weighted by atomic mass is 16.7. The van der Waals surface area contributed by atoms with E-state index < -0.39 is 49.5 Å². The molecule has 0 aromatic carbocycles. The molecule has 0 radical (unpaired) electrons. The maximum Gasteiger partial charge on any atom is 0.220 e. The van der Waals surface area contributed by atoms with Crippen LogP contribution in [0.3, 0.4) is 0 Å². The van der Waals surface area contributed by atoms with Crippen molar-refractivity contribution in [3.05, 3.63) is 60.8 Å². The average Bonchev–Trinajstić information content (AvgIpc) is 3.28. The predicted octanol–water partition coefficient (Wildman–Crippen LogP) is 12.0. The molecule has 7 unspecified atom stereocenters. The van der Waals surface area contributed by atoms with Crippen LogP contribution >= 0.6 is 0 Å². The van der Waals surface area contributed by atoms with Gasteiger partial charge in [0, 0.05) is 6.42 Å². The molecule has 9 nitrogen and oxygen atoms in total. The number of ether oxygens (including phenoxy) is 2. The molecule has 1 saturated heterocycles. The quantitative estimate of drug-likeness (QED) is 0.0262. The number of amides is 1. The van der Waals surface area contributed by atoms with Crippen LogP contribution in [0.5, 0.6) is 0 Å². The van der Waals surface area contributed by atoms with Gasteiger partial charge in [-0.15, -0.1) is 0 Å². The lowest BCUT2D eigenvalue weighted by molar-refractivity contribution is -0.302. The number of rotatable bonds is 43. The number of aliphatic hydroxyl groups excluding tert-OH is 5. The first-order valence-electron chi connectivity index (χ1n) is 26.0. The number of carbonyl (C=O) groups excluding carboxylic acids is 1. The first-order chi connectivity index (χ1) is 30.8. The van der Waals surface area contributed by atoms with Gasteiger partial charge in [0.05, 0.1) is 25.4 Å². The monoisotopic (exact) mass is 888 g/mol. The van der Waals surface area contributed by atoms with E-state index in [1.165, 1.54) is 135 Å². The van der Waals surface area contributed by atoms with Crippen molar-refractivity contribution in [1.82, 2.24) is 5.32 Å². The lowest BCUT2D eigenvalue weighted by atomic mass is 9.99. The molecule has 63 heavy (non-hydrogen) atoms. The molecule has 1 amide bonds.